The largest absolute Gasteiger partial charge is 0.481 e. The molecule has 0 unspecified atom stereocenters. The second-order valence-corrected chi connectivity index (χ2v) is 7.50. The van der Waals surface area contributed by atoms with Gasteiger partial charge in [-0.1, -0.05) is 41.4 Å². The Balaban J connectivity index is 2.12. The zero-order valence-electron chi connectivity index (χ0n) is 12.3. The van der Waals surface area contributed by atoms with Crippen LogP contribution < -0.4 is 5.32 Å². The minimum absolute atomic E-state index is 0.265. The highest BCUT2D eigenvalue weighted by Gasteiger charge is 2.33. The lowest BCUT2D eigenvalue weighted by atomic mass is 10.0. The second kappa shape index (κ2) is 7.05. The predicted octanol–water partition coefficient (Wildman–Crippen LogP) is 4.61. The number of fused-ring (bicyclic) bond motifs is 1. The lowest BCUT2D eigenvalue weighted by molar-refractivity contribution is -0.138. The monoisotopic (exact) mass is 381 g/mol. The number of amides is 1. The van der Waals surface area contributed by atoms with E-state index in [0.29, 0.717) is 15.7 Å². The third-order valence-electron chi connectivity index (χ3n) is 3.69. The van der Waals surface area contributed by atoms with Crippen LogP contribution in [0, 0.1) is 0 Å². The average Bonchev–Trinajstić information content (AvgIpc) is 2.65. The maximum absolute atomic E-state index is 12.4. The molecule has 0 aliphatic carbocycles. The van der Waals surface area contributed by atoms with Gasteiger partial charge in [0.05, 0.1) is 16.9 Å². The third-order valence-corrected chi connectivity index (χ3v) is 5.76. The van der Waals surface area contributed by atoms with Crippen molar-refractivity contribution in [1.82, 2.24) is 0 Å². The van der Waals surface area contributed by atoms with Crippen LogP contribution in [0.25, 0.3) is 0 Å². The van der Waals surface area contributed by atoms with Gasteiger partial charge in [0.1, 0.15) is 0 Å². The van der Waals surface area contributed by atoms with Crippen LogP contribution in [0.1, 0.15) is 22.8 Å². The highest BCUT2D eigenvalue weighted by molar-refractivity contribution is 8.01. The van der Waals surface area contributed by atoms with Crippen molar-refractivity contribution in [2.45, 2.75) is 16.9 Å². The summed E-state index contributed by atoms with van der Waals surface area (Å²) in [5.41, 5.74) is 2.25. The summed E-state index contributed by atoms with van der Waals surface area (Å²) < 4.78 is 0. The lowest BCUT2D eigenvalue weighted by Crippen LogP contribution is -2.26. The van der Waals surface area contributed by atoms with Gasteiger partial charge in [0.2, 0.25) is 5.91 Å². The van der Waals surface area contributed by atoms with Crippen molar-refractivity contribution in [1.29, 1.82) is 0 Å². The van der Waals surface area contributed by atoms with E-state index in [1.807, 2.05) is 18.2 Å². The molecule has 3 rings (SSSR count). The Morgan fingerprint density at radius 1 is 1.17 bits per heavy atom. The summed E-state index contributed by atoms with van der Waals surface area (Å²) in [4.78, 5) is 23.5. The van der Waals surface area contributed by atoms with Crippen molar-refractivity contribution in [2.75, 3.05) is 5.32 Å². The van der Waals surface area contributed by atoms with Gasteiger partial charge < -0.3 is 10.4 Å². The number of hydrogen-bond donors (Lipinski definition) is 2. The van der Waals surface area contributed by atoms with Gasteiger partial charge in [0, 0.05) is 15.7 Å². The average molecular weight is 382 g/mol. The Morgan fingerprint density at radius 2 is 1.92 bits per heavy atom. The van der Waals surface area contributed by atoms with Crippen molar-refractivity contribution in [2.24, 2.45) is 0 Å². The first-order valence-corrected chi connectivity index (χ1v) is 8.87. The van der Waals surface area contributed by atoms with Crippen molar-refractivity contribution in [3.8, 4) is 0 Å². The minimum atomic E-state index is -1.02. The molecular weight excluding hydrogens is 369 g/mol. The number of aliphatic carboxylic acids is 1. The molecule has 0 saturated carbocycles. The molecular formula is C17H13Cl2NO3S. The molecule has 0 fully saturated rings. The fourth-order valence-electron chi connectivity index (χ4n) is 2.60. The molecule has 2 aromatic rings. The third kappa shape index (κ3) is 3.53. The standard InChI is InChI=1S/C17H13Cl2NO3S/c18-9-5-6-13-11(7-9)16(10-3-1-2-4-12(10)19)24-14(8-15(21)22)17(23)20-13/h1-7,14,16H,8H2,(H,20,23)(H,21,22)/t14-,16-/m0/s1. The number of halogens is 2. The van der Waals surface area contributed by atoms with Crippen molar-refractivity contribution >= 4 is 52.5 Å². The van der Waals surface area contributed by atoms with Crippen molar-refractivity contribution < 1.29 is 14.7 Å². The molecule has 0 aromatic heterocycles. The van der Waals surface area contributed by atoms with Crippen LogP contribution >= 0.6 is 35.0 Å². The number of anilines is 1. The molecule has 1 heterocycles. The Morgan fingerprint density at radius 3 is 2.62 bits per heavy atom. The minimum Gasteiger partial charge on any atom is -0.481 e. The Hall–Kier alpha value is -1.69. The molecule has 2 N–H and O–H groups in total. The first kappa shape index (κ1) is 17.1. The van der Waals surface area contributed by atoms with Crippen LogP contribution in [-0.2, 0) is 9.59 Å². The number of carboxylic acid groups (broad SMARTS) is 1. The SMILES string of the molecule is O=C(O)C[C@@H]1S[C@@H](c2ccccc2Cl)c2cc(Cl)ccc2NC1=O. The van der Waals surface area contributed by atoms with Gasteiger partial charge in [-0.2, -0.15) is 0 Å². The molecule has 1 amide bonds. The van der Waals surface area contributed by atoms with Gasteiger partial charge in [-0.25, -0.2) is 0 Å². The summed E-state index contributed by atoms with van der Waals surface area (Å²) >= 11 is 13.7. The molecule has 4 nitrogen and oxygen atoms in total. The molecule has 124 valence electrons. The highest BCUT2D eigenvalue weighted by Crippen LogP contribution is 2.47. The number of benzene rings is 2. The summed E-state index contributed by atoms with van der Waals surface area (Å²) in [5, 5.41) is 12.0. The summed E-state index contributed by atoms with van der Waals surface area (Å²) in [7, 11) is 0. The summed E-state index contributed by atoms with van der Waals surface area (Å²) in [6.45, 7) is 0. The fraction of sp³-hybridized carbons (Fsp3) is 0.176. The van der Waals surface area contributed by atoms with E-state index in [2.05, 4.69) is 5.32 Å². The molecule has 0 bridgehead atoms. The van der Waals surface area contributed by atoms with Crippen molar-refractivity contribution in [3.05, 3.63) is 63.6 Å². The molecule has 0 radical (unpaired) electrons. The number of hydrogen-bond acceptors (Lipinski definition) is 3. The maximum Gasteiger partial charge on any atom is 0.305 e. The van der Waals surface area contributed by atoms with E-state index in [-0.39, 0.29) is 17.6 Å². The molecule has 2 atom stereocenters. The summed E-state index contributed by atoms with van der Waals surface area (Å²) in [5.74, 6) is -1.36. The second-order valence-electron chi connectivity index (χ2n) is 5.34. The van der Waals surface area contributed by atoms with Gasteiger partial charge in [-0.05, 0) is 35.4 Å². The van der Waals surface area contributed by atoms with E-state index in [0.717, 1.165) is 11.1 Å². The Kier molecular flexibility index (Phi) is 5.04. The number of thioether (sulfide) groups is 1. The number of carbonyl (C=O) groups excluding carboxylic acids is 1. The van der Waals surface area contributed by atoms with Gasteiger partial charge >= 0.3 is 5.97 Å². The topological polar surface area (TPSA) is 66.4 Å². The first-order chi connectivity index (χ1) is 11.5. The fourth-order valence-corrected chi connectivity index (χ4v) is 4.54. The zero-order chi connectivity index (χ0) is 17.3. The van der Waals surface area contributed by atoms with E-state index in [9.17, 15) is 9.59 Å². The van der Waals surface area contributed by atoms with Crippen LogP contribution in [0.4, 0.5) is 5.69 Å². The maximum atomic E-state index is 12.4. The number of carbonyl (C=O) groups is 2. The molecule has 1 aliphatic rings. The Bertz CT molecular complexity index is 812. The molecule has 0 spiro atoms. The lowest BCUT2D eigenvalue weighted by Gasteiger charge is -2.20. The predicted molar refractivity (Wildman–Crippen MR) is 97.0 cm³/mol. The van der Waals surface area contributed by atoms with Crippen LogP contribution in [0.5, 0.6) is 0 Å². The van der Waals surface area contributed by atoms with Crippen LogP contribution in [-0.4, -0.2) is 22.2 Å². The van der Waals surface area contributed by atoms with E-state index in [4.69, 9.17) is 28.3 Å². The van der Waals surface area contributed by atoms with Gasteiger partial charge in [-0.3, -0.25) is 9.59 Å². The van der Waals surface area contributed by atoms with Gasteiger partial charge in [0.15, 0.2) is 0 Å². The molecule has 2 aromatic carbocycles. The van der Waals surface area contributed by atoms with Crippen LogP contribution in [0.3, 0.4) is 0 Å². The molecule has 24 heavy (non-hydrogen) atoms. The van der Waals surface area contributed by atoms with Crippen molar-refractivity contribution in [3.63, 3.8) is 0 Å². The van der Waals surface area contributed by atoms with Gasteiger partial charge in [-0.15, -0.1) is 11.8 Å². The molecule has 7 heteroatoms. The zero-order valence-corrected chi connectivity index (χ0v) is 14.7. The smallest absolute Gasteiger partial charge is 0.305 e. The van der Waals surface area contributed by atoms with Crippen LogP contribution in [0.15, 0.2) is 42.5 Å². The summed E-state index contributed by atoms with van der Waals surface area (Å²) in [6.07, 6.45) is -0.265. The molecule has 0 saturated heterocycles. The van der Waals surface area contributed by atoms with Gasteiger partial charge in [0.25, 0.3) is 0 Å². The summed E-state index contributed by atoms with van der Waals surface area (Å²) in [6, 6.07) is 12.5. The van der Waals surface area contributed by atoms with Crippen LogP contribution in [0.2, 0.25) is 10.0 Å². The van der Waals surface area contributed by atoms with E-state index in [1.165, 1.54) is 11.8 Å². The molecule has 1 aliphatic heterocycles. The Labute approximate surface area is 153 Å². The van der Waals surface area contributed by atoms with E-state index in [1.54, 1.807) is 24.3 Å². The number of rotatable bonds is 3. The van der Waals surface area contributed by atoms with E-state index < -0.39 is 11.2 Å². The quantitative estimate of drug-likeness (QED) is 0.814. The highest BCUT2D eigenvalue weighted by atomic mass is 35.5. The normalized spacial score (nSPS) is 20.0. The number of carboxylic acids is 1. The first-order valence-electron chi connectivity index (χ1n) is 7.17. The number of nitrogens with one attached hydrogen (secondary N) is 1. The van der Waals surface area contributed by atoms with E-state index >= 15 is 0 Å².